The van der Waals surface area contributed by atoms with E-state index < -0.39 is 11.4 Å². The lowest BCUT2D eigenvalue weighted by Crippen LogP contribution is -2.58. The summed E-state index contributed by atoms with van der Waals surface area (Å²) in [7, 11) is 3.34. The standard InChI is InChI=1S/C12H14FN4O/c1-12(6-9(18)16-11(15-2)17-12)7-4-3-5-8(14)10(7)13/h3-5H,2,6,14H2,1H3,(H2,15,16,17,18)/t12-/m0/s1. The number of nitrogen functional groups attached to an aromatic ring is 1. The summed E-state index contributed by atoms with van der Waals surface area (Å²) in [5.41, 5.74) is 5.03. The van der Waals surface area contributed by atoms with Crippen LogP contribution in [0, 0.1) is 12.9 Å². The third kappa shape index (κ3) is 2.01. The molecule has 1 radical (unpaired) electrons. The predicted octanol–water partition coefficient (Wildman–Crippen LogP) is 0.880. The van der Waals surface area contributed by atoms with Gasteiger partial charge in [-0.2, -0.15) is 0 Å². The Balaban J connectivity index is 2.47. The van der Waals surface area contributed by atoms with E-state index in [-0.39, 0.29) is 24.0 Å². The molecule has 0 saturated carbocycles. The lowest BCUT2D eigenvalue weighted by Gasteiger charge is -2.36. The van der Waals surface area contributed by atoms with Crippen molar-refractivity contribution >= 4 is 17.6 Å². The van der Waals surface area contributed by atoms with Crippen LogP contribution in [0.4, 0.5) is 10.1 Å². The van der Waals surface area contributed by atoms with Crippen LogP contribution in [0.25, 0.3) is 0 Å². The summed E-state index contributed by atoms with van der Waals surface area (Å²) < 4.78 is 14.0. The fourth-order valence-corrected chi connectivity index (χ4v) is 2.05. The molecule has 4 N–H and O–H groups in total. The van der Waals surface area contributed by atoms with Gasteiger partial charge in [-0.15, -0.1) is 0 Å². The number of guanidine groups is 1. The number of amides is 1. The normalized spacial score (nSPS) is 25.7. The van der Waals surface area contributed by atoms with Crippen LogP contribution in [0.3, 0.4) is 0 Å². The van der Waals surface area contributed by atoms with Crippen molar-refractivity contribution in [1.29, 1.82) is 0 Å². The molecule has 0 spiro atoms. The maximum Gasteiger partial charge on any atom is 0.229 e. The Labute approximate surface area is 104 Å². The van der Waals surface area contributed by atoms with Crippen molar-refractivity contribution in [2.24, 2.45) is 4.99 Å². The lowest BCUT2D eigenvalue weighted by atomic mass is 9.86. The summed E-state index contributed by atoms with van der Waals surface area (Å²) in [6.07, 6.45) is 0.0897. The molecule has 0 aromatic heterocycles. The minimum Gasteiger partial charge on any atom is -0.396 e. The fraction of sp³-hybridized carbons (Fsp3) is 0.250. The minimum atomic E-state index is -0.891. The summed E-state index contributed by atoms with van der Waals surface area (Å²) in [5, 5.41) is 5.46. The Bertz CT molecular complexity index is 529. The zero-order valence-electron chi connectivity index (χ0n) is 9.96. The van der Waals surface area contributed by atoms with Gasteiger partial charge >= 0.3 is 0 Å². The van der Waals surface area contributed by atoms with Gasteiger partial charge in [-0.05, 0) is 13.0 Å². The summed E-state index contributed by atoms with van der Waals surface area (Å²) in [4.78, 5) is 15.2. The summed E-state index contributed by atoms with van der Waals surface area (Å²) in [6.45, 7) is 1.72. The number of benzene rings is 1. The number of aliphatic imine (C=N–C) groups is 1. The van der Waals surface area contributed by atoms with Crippen LogP contribution in [0.15, 0.2) is 23.2 Å². The molecule has 6 heteroatoms. The van der Waals surface area contributed by atoms with Gasteiger partial charge in [0.15, 0.2) is 11.8 Å². The van der Waals surface area contributed by atoms with E-state index in [0.717, 1.165) is 0 Å². The second kappa shape index (κ2) is 4.29. The third-order valence-corrected chi connectivity index (χ3v) is 2.95. The second-order valence-corrected chi connectivity index (χ2v) is 4.40. The highest BCUT2D eigenvalue weighted by Gasteiger charge is 2.37. The fourth-order valence-electron chi connectivity index (χ4n) is 2.05. The lowest BCUT2D eigenvalue weighted by molar-refractivity contribution is -0.121. The molecular weight excluding hydrogens is 235 g/mol. The van der Waals surface area contributed by atoms with Crippen LogP contribution < -0.4 is 16.4 Å². The average Bonchev–Trinajstić information content (AvgIpc) is 2.31. The first-order chi connectivity index (χ1) is 8.46. The number of carbonyl (C=O) groups is 1. The number of nitrogens with two attached hydrogens (primary N) is 1. The summed E-state index contributed by atoms with van der Waals surface area (Å²) in [6, 6.07) is 4.72. The Hall–Kier alpha value is -2.11. The molecule has 1 aromatic rings. The van der Waals surface area contributed by atoms with Crippen LogP contribution in [-0.2, 0) is 10.3 Å². The first-order valence-electron chi connectivity index (χ1n) is 5.42. The molecule has 0 bridgehead atoms. The van der Waals surface area contributed by atoms with Crippen LogP contribution in [0.2, 0.25) is 0 Å². The van der Waals surface area contributed by atoms with Crippen molar-refractivity contribution in [3.05, 3.63) is 36.6 Å². The number of nitrogens with zero attached hydrogens (tertiary/aromatic N) is 1. The van der Waals surface area contributed by atoms with E-state index in [9.17, 15) is 9.18 Å². The molecule has 95 valence electrons. The smallest absolute Gasteiger partial charge is 0.229 e. The largest absolute Gasteiger partial charge is 0.396 e. The number of carbonyl (C=O) groups excluding carboxylic acids is 1. The second-order valence-electron chi connectivity index (χ2n) is 4.40. The van der Waals surface area contributed by atoms with Gasteiger partial charge in [0, 0.05) is 5.56 Å². The van der Waals surface area contributed by atoms with E-state index in [4.69, 9.17) is 5.73 Å². The van der Waals surface area contributed by atoms with Gasteiger partial charge in [-0.1, -0.05) is 12.1 Å². The molecule has 1 atom stereocenters. The monoisotopic (exact) mass is 249 g/mol. The van der Waals surface area contributed by atoms with Gasteiger partial charge in [0.25, 0.3) is 0 Å². The SMILES string of the molecule is [CH2]/N=C1/NC(=O)C[C@@](C)(c2cccc(N)c2F)N1. The number of halogens is 1. The highest BCUT2D eigenvalue weighted by molar-refractivity contribution is 6.00. The Kier molecular flexibility index (Phi) is 2.94. The maximum atomic E-state index is 14.0. The molecular formula is C12H14FN4O. The quantitative estimate of drug-likeness (QED) is 0.646. The van der Waals surface area contributed by atoms with E-state index in [1.807, 2.05) is 0 Å². The minimum absolute atomic E-state index is 0.0506. The highest BCUT2D eigenvalue weighted by atomic mass is 19.1. The van der Waals surface area contributed by atoms with Crippen LogP contribution in [0.1, 0.15) is 18.9 Å². The Morgan fingerprint density at radius 3 is 2.94 bits per heavy atom. The molecule has 2 rings (SSSR count). The molecule has 1 aliphatic rings. The van der Waals surface area contributed by atoms with Gasteiger partial charge in [0.05, 0.1) is 24.7 Å². The first-order valence-corrected chi connectivity index (χ1v) is 5.42. The number of rotatable bonds is 1. The van der Waals surface area contributed by atoms with Gasteiger partial charge in [-0.3, -0.25) is 15.1 Å². The van der Waals surface area contributed by atoms with Gasteiger partial charge in [-0.25, -0.2) is 4.39 Å². The van der Waals surface area contributed by atoms with Crippen molar-refractivity contribution in [3.8, 4) is 0 Å². The molecule has 0 unspecified atom stereocenters. The van der Waals surface area contributed by atoms with Crippen LogP contribution in [-0.4, -0.2) is 11.9 Å². The van der Waals surface area contributed by atoms with Gasteiger partial charge in [0.1, 0.15) is 0 Å². The van der Waals surface area contributed by atoms with E-state index in [1.54, 1.807) is 19.1 Å². The summed E-state index contributed by atoms with van der Waals surface area (Å²) in [5.74, 6) is -0.554. The third-order valence-electron chi connectivity index (χ3n) is 2.95. The number of hydrogen-bond acceptors (Lipinski definition) is 3. The zero-order chi connectivity index (χ0) is 13.3. The van der Waals surface area contributed by atoms with Gasteiger partial charge < -0.3 is 11.1 Å². The molecule has 1 saturated heterocycles. The summed E-state index contributed by atoms with van der Waals surface area (Å²) >= 11 is 0. The molecule has 1 aromatic carbocycles. The van der Waals surface area contributed by atoms with Crippen LogP contribution in [0.5, 0.6) is 0 Å². The molecule has 1 heterocycles. The average molecular weight is 249 g/mol. The van der Waals surface area contributed by atoms with Crippen molar-refractivity contribution < 1.29 is 9.18 Å². The van der Waals surface area contributed by atoms with Crippen molar-refractivity contribution in [1.82, 2.24) is 10.6 Å². The van der Waals surface area contributed by atoms with Crippen molar-refractivity contribution in [2.45, 2.75) is 18.9 Å². The van der Waals surface area contributed by atoms with Crippen molar-refractivity contribution in [3.63, 3.8) is 0 Å². The van der Waals surface area contributed by atoms with Crippen LogP contribution >= 0.6 is 0 Å². The molecule has 0 aliphatic carbocycles. The van der Waals surface area contributed by atoms with Gasteiger partial charge in [0.2, 0.25) is 5.91 Å². The first kappa shape index (κ1) is 12.3. The number of anilines is 1. The Morgan fingerprint density at radius 1 is 1.56 bits per heavy atom. The molecule has 1 amide bonds. The zero-order valence-corrected chi connectivity index (χ0v) is 9.96. The molecule has 1 fully saturated rings. The van der Waals surface area contributed by atoms with E-state index in [0.29, 0.717) is 5.56 Å². The molecule has 18 heavy (non-hydrogen) atoms. The predicted molar refractivity (Wildman–Crippen MR) is 66.9 cm³/mol. The number of nitrogens with one attached hydrogen (secondary N) is 2. The highest BCUT2D eigenvalue weighted by Crippen LogP contribution is 2.30. The van der Waals surface area contributed by atoms with Crippen molar-refractivity contribution in [2.75, 3.05) is 5.73 Å². The number of hydrogen-bond donors (Lipinski definition) is 3. The van der Waals surface area contributed by atoms with E-state index in [1.165, 1.54) is 6.07 Å². The maximum absolute atomic E-state index is 14.0. The Morgan fingerprint density at radius 2 is 2.28 bits per heavy atom. The van der Waals surface area contributed by atoms with E-state index in [2.05, 4.69) is 22.7 Å². The van der Waals surface area contributed by atoms with E-state index >= 15 is 0 Å². The topological polar surface area (TPSA) is 79.5 Å². The molecule has 5 nitrogen and oxygen atoms in total. The molecule has 1 aliphatic heterocycles.